The molecule has 1 heteroatoms. The second-order valence-corrected chi connectivity index (χ2v) is 0. The Kier molecular flexibility index (Phi) is 1650. The third-order valence-corrected chi connectivity index (χ3v) is 0. The van der Waals surface area contributed by atoms with E-state index in [0.29, 0.717) is 0 Å². The molecule has 0 heterocycles. The van der Waals surface area contributed by atoms with Gasteiger partial charge in [0.1, 0.15) is 0 Å². The van der Waals surface area contributed by atoms with Crippen LogP contribution in [0.4, 0.5) is 0 Å². The molecule has 0 aromatic rings. The molecular formula is C6H16W. The van der Waals surface area contributed by atoms with Gasteiger partial charge in [-0.1, -0.05) is 13.8 Å². The van der Waals surface area contributed by atoms with Crippen molar-refractivity contribution in [2.45, 2.75) is 27.7 Å². The van der Waals surface area contributed by atoms with E-state index in [0.717, 1.165) is 0 Å². The molecule has 0 aliphatic heterocycles. The van der Waals surface area contributed by atoms with E-state index in [9.17, 15) is 0 Å². The Morgan fingerprint density at radius 1 is 0.714 bits per heavy atom. The van der Waals surface area contributed by atoms with Gasteiger partial charge in [-0.15, -0.1) is 0 Å². The average molecular weight is 272 g/mol. The van der Waals surface area contributed by atoms with Crippen LogP contribution >= 0.6 is 0 Å². The third kappa shape index (κ3) is 310. The van der Waals surface area contributed by atoms with Crippen molar-refractivity contribution >= 4 is 0 Å². The Morgan fingerprint density at radius 2 is 0.714 bits per heavy atom. The molecule has 0 aromatic carbocycles. The minimum atomic E-state index is 0. The van der Waals surface area contributed by atoms with E-state index in [2.05, 4.69) is 13.8 Å². The number of hydrogen-bond acceptors (Lipinski definition) is 0. The first-order valence-corrected chi connectivity index (χ1v) is 2.41. The van der Waals surface area contributed by atoms with E-state index in [1.54, 1.807) is 13.8 Å². The molecule has 0 saturated carbocycles. The average Bonchev–Trinajstić information content (AvgIpc) is 1.81. The standard InChI is InChI=1S/C2H6.2C2H5.W/c3*1-2;/h1-2H3;2*1H2,2H3;/q;2*-1;+2. The molecule has 0 aliphatic rings. The minimum absolute atomic E-state index is 0. The molecule has 0 bridgehead atoms. The fraction of sp³-hybridized carbons (Fsp3) is 0.667. The quantitative estimate of drug-likeness (QED) is 0.595. The van der Waals surface area contributed by atoms with Crippen molar-refractivity contribution in [3.05, 3.63) is 13.8 Å². The maximum Gasteiger partial charge on any atom is 2.00 e. The van der Waals surface area contributed by atoms with Gasteiger partial charge in [-0.05, 0) is 0 Å². The summed E-state index contributed by atoms with van der Waals surface area (Å²) in [6.07, 6.45) is 0. The first-order valence-electron chi connectivity index (χ1n) is 2.41. The summed E-state index contributed by atoms with van der Waals surface area (Å²) in [5, 5.41) is 0. The zero-order valence-electron chi connectivity index (χ0n) is 5.82. The van der Waals surface area contributed by atoms with Crippen LogP contribution in [0.15, 0.2) is 0 Å². The third-order valence-electron chi connectivity index (χ3n) is 0. The summed E-state index contributed by atoms with van der Waals surface area (Å²) in [6.45, 7) is 14.0. The van der Waals surface area contributed by atoms with Crippen LogP contribution < -0.4 is 0 Å². The maximum absolute atomic E-state index is 3.25. The zero-order valence-corrected chi connectivity index (χ0v) is 8.76. The molecule has 46 valence electrons. The van der Waals surface area contributed by atoms with Crippen LogP contribution in [0.2, 0.25) is 0 Å². The van der Waals surface area contributed by atoms with Crippen molar-refractivity contribution < 1.29 is 21.1 Å². The van der Waals surface area contributed by atoms with Crippen molar-refractivity contribution in [3.63, 3.8) is 0 Å². The first-order chi connectivity index (χ1) is 3.00. The van der Waals surface area contributed by atoms with Gasteiger partial charge in [0, 0.05) is 0 Å². The van der Waals surface area contributed by atoms with Gasteiger partial charge >= 0.3 is 21.1 Å². The van der Waals surface area contributed by atoms with Gasteiger partial charge in [0.25, 0.3) is 0 Å². The molecule has 0 fully saturated rings. The Balaban J connectivity index is -0.00000000900. The van der Waals surface area contributed by atoms with Gasteiger partial charge < -0.3 is 13.8 Å². The predicted molar refractivity (Wildman–Crippen MR) is 33.4 cm³/mol. The minimum Gasteiger partial charge on any atom is -0.346 e. The fourth-order valence-electron chi connectivity index (χ4n) is 0. The summed E-state index contributed by atoms with van der Waals surface area (Å²) in [5.74, 6) is 0. The Bertz CT molecular complexity index is 4.14. The molecule has 0 aliphatic carbocycles. The predicted octanol–water partition coefficient (Wildman–Crippen LogP) is 2.70. The van der Waals surface area contributed by atoms with Crippen LogP contribution in [0, 0.1) is 13.8 Å². The SMILES string of the molecule is CC.[CH2-]C.[CH2-]C.[W+2]. The fourth-order valence-corrected chi connectivity index (χ4v) is 0. The topological polar surface area (TPSA) is 0 Å². The Labute approximate surface area is 63.0 Å². The molecular weight excluding hydrogens is 256 g/mol. The Morgan fingerprint density at radius 3 is 0.714 bits per heavy atom. The normalized spacial score (nSPS) is 2.57. The summed E-state index contributed by atoms with van der Waals surface area (Å²) in [4.78, 5) is 0. The monoisotopic (exact) mass is 272 g/mol. The Hall–Kier alpha value is 0.688. The molecule has 0 spiro atoms. The van der Waals surface area contributed by atoms with Crippen molar-refractivity contribution in [2.75, 3.05) is 0 Å². The molecule has 0 radical (unpaired) electrons. The van der Waals surface area contributed by atoms with Gasteiger partial charge in [0.15, 0.2) is 0 Å². The smallest absolute Gasteiger partial charge is 0.346 e. The first kappa shape index (κ1) is 25.3. The number of rotatable bonds is 0. The van der Waals surface area contributed by atoms with E-state index in [4.69, 9.17) is 0 Å². The number of hydrogen-bond donors (Lipinski definition) is 0. The van der Waals surface area contributed by atoms with Gasteiger partial charge in [0.05, 0.1) is 0 Å². The molecule has 0 nitrogen and oxygen atoms in total. The van der Waals surface area contributed by atoms with Crippen LogP contribution in [0.3, 0.4) is 0 Å². The van der Waals surface area contributed by atoms with Gasteiger partial charge in [-0.3, -0.25) is 0 Å². The summed E-state index contributed by atoms with van der Waals surface area (Å²) in [5.41, 5.74) is 0. The van der Waals surface area contributed by atoms with Crippen LogP contribution in [0.5, 0.6) is 0 Å². The molecule has 0 aromatic heterocycles. The van der Waals surface area contributed by atoms with E-state index in [1.807, 2.05) is 13.8 Å². The summed E-state index contributed by atoms with van der Waals surface area (Å²) >= 11 is 0. The zero-order chi connectivity index (χ0) is 6.00. The second-order valence-electron chi connectivity index (χ2n) is 0. The summed E-state index contributed by atoms with van der Waals surface area (Å²) in [7, 11) is 0. The molecule has 0 saturated heterocycles. The van der Waals surface area contributed by atoms with Crippen LogP contribution in [-0.2, 0) is 21.1 Å². The van der Waals surface area contributed by atoms with Crippen LogP contribution in [-0.4, -0.2) is 0 Å². The summed E-state index contributed by atoms with van der Waals surface area (Å²) in [6, 6.07) is 0. The molecule has 0 unspecified atom stereocenters. The van der Waals surface area contributed by atoms with Gasteiger partial charge in [-0.2, -0.15) is 13.8 Å². The van der Waals surface area contributed by atoms with E-state index in [1.165, 1.54) is 0 Å². The molecule has 0 rings (SSSR count). The van der Waals surface area contributed by atoms with Crippen molar-refractivity contribution in [2.24, 2.45) is 0 Å². The van der Waals surface area contributed by atoms with Crippen molar-refractivity contribution in [1.29, 1.82) is 0 Å². The van der Waals surface area contributed by atoms with Gasteiger partial charge in [-0.25, -0.2) is 0 Å². The summed E-state index contributed by atoms with van der Waals surface area (Å²) < 4.78 is 0. The molecule has 0 N–H and O–H groups in total. The van der Waals surface area contributed by atoms with Crippen molar-refractivity contribution in [1.82, 2.24) is 0 Å². The maximum atomic E-state index is 3.25. The van der Waals surface area contributed by atoms with Crippen LogP contribution in [0.1, 0.15) is 27.7 Å². The van der Waals surface area contributed by atoms with Crippen LogP contribution in [0.25, 0.3) is 0 Å². The molecule has 0 amide bonds. The molecule has 7 heavy (non-hydrogen) atoms. The van der Waals surface area contributed by atoms with Crippen molar-refractivity contribution in [3.8, 4) is 0 Å². The van der Waals surface area contributed by atoms with Gasteiger partial charge in [0.2, 0.25) is 0 Å². The van der Waals surface area contributed by atoms with E-state index in [-0.39, 0.29) is 21.1 Å². The van der Waals surface area contributed by atoms with E-state index >= 15 is 0 Å². The second kappa shape index (κ2) is 457. The van der Waals surface area contributed by atoms with E-state index < -0.39 is 0 Å². The molecule has 0 atom stereocenters. The largest absolute Gasteiger partial charge is 2.00 e.